The Morgan fingerprint density at radius 2 is 1.79 bits per heavy atom. The fourth-order valence-electron chi connectivity index (χ4n) is 2.51. The first-order valence-corrected chi connectivity index (χ1v) is 9.65. The van der Waals surface area contributed by atoms with Crippen molar-refractivity contribution in [1.29, 1.82) is 0 Å². The largest absolute Gasteiger partial charge is 0.322 e. The predicted octanol–water partition coefficient (Wildman–Crippen LogP) is 4.79. The van der Waals surface area contributed by atoms with Crippen LogP contribution in [0.5, 0.6) is 0 Å². The molecule has 2 aromatic carbocycles. The van der Waals surface area contributed by atoms with Gasteiger partial charge in [0.05, 0.1) is 6.20 Å². The summed E-state index contributed by atoms with van der Waals surface area (Å²) in [5.74, 6) is 0.118. The highest BCUT2D eigenvalue weighted by Gasteiger charge is 2.10. The first-order chi connectivity index (χ1) is 13.3. The second kappa shape index (κ2) is 8.39. The molecule has 3 rings (SSSR count). The van der Waals surface area contributed by atoms with Crippen molar-refractivity contribution < 1.29 is 9.59 Å². The topological polar surface area (TPSA) is 76.0 Å². The zero-order valence-electron chi connectivity index (χ0n) is 15.9. The molecule has 2 amide bonds. The minimum absolute atomic E-state index is 0.0829. The fraction of sp³-hybridized carbons (Fsp3) is 0.190. The Labute approximate surface area is 172 Å². The maximum Gasteiger partial charge on any atom is 0.255 e. The molecular formula is C21H21BrN4O2. The van der Waals surface area contributed by atoms with Crippen molar-refractivity contribution in [3.63, 3.8) is 0 Å². The van der Waals surface area contributed by atoms with Crippen LogP contribution in [-0.4, -0.2) is 21.4 Å². The van der Waals surface area contributed by atoms with Crippen LogP contribution < -0.4 is 10.6 Å². The number of anilines is 2. The van der Waals surface area contributed by atoms with Gasteiger partial charge in [-0.25, -0.2) is 4.98 Å². The number of hydrogen-bond acceptors (Lipinski definition) is 3. The van der Waals surface area contributed by atoms with Gasteiger partial charge in [-0.15, -0.1) is 0 Å². The monoisotopic (exact) mass is 440 g/mol. The highest BCUT2D eigenvalue weighted by Crippen LogP contribution is 2.21. The summed E-state index contributed by atoms with van der Waals surface area (Å²) in [5.41, 5.74) is 3.19. The molecule has 0 atom stereocenters. The minimum Gasteiger partial charge on any atom is -0.322 e. The molecule has 0 spiro atoms. The Kier molecular flexibility index (Phi) is 5.94. The van der Waals surface area contributed by atoms with Gasteiger partial charge < -0.3 is 15.2 Å². The molecule has 1 heterocycles. The quantitative estimate of drug-likeness (QED) is 0.598. The summed E-state index contributed by atoms with van der Waals surface area (Å²) < 4.78 is 2.79. The van der Waals surface area contributed by atoms with Crippen LogP contribution in [0.15, 0.2) is 59.5 Å². The number of amides is 2. The zero-order chi connectivity index (χ0) is 20.3. The second-order valence-corrected chi connectivity index (χ2v) is 7.63. The smallest absolute Gasteiger partial charge is 0.255 e. The van der Waals surface area contributed by atoms with E-state index in [1.165, 1.54) is 0 Å². The van der Waals surface area contributed by atoms with E-state index in [1.54, 1.807) is 29.2 Å². The number of benzene rings is 2. The zero-order valence-corrected chi connectivity index (χ0v) is 17.4. The van der Waals surface area contributed by atoms with Crippen LogP contribution in [0.3, 0.4) is 0 Å². The van der Waals surface area contributed by atoms with E-state index in [1.807, 2.05) is 51.1 Å². The van der Waals surface area contributed by atoms with Crippen molar-refractivity contribution in [1.82, 2.24) is 9.55 Å². The molecule has 144 valence electrons. The van der Waals surface area contributed by atoms with Gasteiger partial charge in [-0.3, -0.25) is 9.59 Å². The number of nitrogens with one attached hydrogen (secondary N) is 2. The fourth-order valence-corrected chi connectivity index (χ4v) is 2.76. The third-order valence-corrected chi connectivity index (χ3v) is 5.09. The van der Waals surface area contributed by atoms with E-state index in [-0.39, 0.29) is 17.7 Å². The maximum absolute atomic E-state index is 12.5. The number of aromatic nitrogens is 2. The Balaban J connectivity index is 1.69. The number of imidazole rings is 1. The highest BCUT2D eigenvalue weighted by atomic mass is 79.9. The molecule has 0 saturated carbocycles. The van der Waals surface area contributed by atoms with Crippen LogP contribution in [0.4, 0.5) is 11.5 Å². The number of aryl methyl sites for hydroxylation is 1. The van der Waals surface area contributed by atoms with E-state index < -0.39 is 0 Å². The van der Waals surface area contributed by atoms with Crippen molar-refractivity contribution >= 4 is 39.2 Å². The summed E-state index contributed by atoms with van der Waals surface area (Å²) in [6.45, 7) is 5.62. The van der Waals surface area contributed by atoms with Crippen LogP contribution in [0.25, 0.3) is 5.69 Å². The maximum atomic E-state index is 12.5. The lowest BCUT2D eigenvalue weighted by molar-refractivity contribution is -0.118. The lowest BCUT2D eigenvalue weighted by Gasteiger charge is -2.08. The molecule has 0 bridgehead atoms. The summed E-state index contributed by atoms with van der Waals surface area (Å²) in [6.07, 6.45) is 3.36. The summed E-state index contributed by atoms with van der Waals surface area (Å²) >= 11 is 3.45. The Bertz CT molecular complexity index is 1010. The summed E-state index contributed by atoms with van der Waals surface area (Å²) in [7, 11) is 0. The number of nitrogens with zero attached hydrogens (tertiary/aromatic N) is 2. The number of halogens is 1. The van der Waals surface area contributed by atoms with Crippen LogP contribution in [0.1, 0.15) is 29.8 Å². The second-order valence-electron chi connectivity index (χ2n) is 6.78. The third kappa shape index (κ3) is 4.67. The van der Waals surface area contributed by atoms with Crippen molar-refractivity contribution in [3.8, 4) is 5.69 Å². The molecule has 2 N–H and O–H groups in total. The lowest BCUT2D eigenvalue weighted by Crippen LogP contribution is -2.17. The molecule has 0 saturated heterocycles. The number of carbonyl (C=O) groups excluding carboxylic acids is 2. The number of carbonyl (C=O) groups is 2. The summed E-state index contributed by atoms with van der Waals surface area (Å²) in [4.78, 5) is 28.4. The molecule has 0 aliphatic heterocycles. The van der Waals surface area contributed by atoms with Gasteiger partial charge in [-0.1, -0.05) is 29.8 Å². The van der Waals surface area contributed by atoms with Crippen molar-refractivity contribution in [2.45, 2.75) is 20.8 Å². The molecule has 0 radical (unpaired) electrons. The predicted molar refractivity (Wildman–Crippen MR) is 114 cm³/mol. The molecule has 0 fully saturated rings. The molecule has 28 heavy (non-hydrogen) atoms. The molecule has 7 heteroatoms. The standard InChI is InChI=1S/C21H21BrN4O2/c1-13(2)20(27)25-19-11-26(12-23-19)17-7-4-15(5-8-17)21(28)24-16-6-9-18(22)14(3)10-16/h4-13H,1-3H3,(H,24,28)(H,25,27). The molecule has 1 aromatic heterocycles. The van der Waals surface area contributed by atoms with Crippen LogP contribution in [0, 0.1) is 12.8 Å². The SMILES string of the molecule is Cc1cc(NC(=O)c2ccc(-n3cnc(NC(=O)C(C)C)c3)cc2)ccc1Br. The van der Waals surface area contributed by atoms with Crippen molar-refractivity contribution in [2.24, 2.45) is 5.92 Å². The third-order valence-electron chi connectivity index (χ3n) is 4.20. The van der Waals surface area contributed by atoms with Gasteiger partial charge >= 0.3 is 0 Å². The normalized spacial score (nSPS) is 10.8. The average Bonchev–Trinajstić information content (AvgIpc) is 3.13. The van der Waals surface area contributed by atoms with Gasteiger partial charge in [0.2, 0.25) is 5.91 Å². The van der Waals surface area contributed by atoms with Gasteiger partial charge in [-0.2, -0.15) is 0 Å². The van der Waals surface area contributed by atoms with Crippen molar-refractivity contribution in [3.05, 3.63) is 70.6 Å². The first kappa shape index (κ1) is 19.8. The molecule has 0 aliphatic carbocycles. The molecule has 0 unspecified atom stereocenters. The van der Waals surface area contributed by atoms with E-state index in [0.29, 0.717) is 11.4 Å². The van der Waals surface area contributed by atoms with Gasteiger partial charge in [0.25, 0.3) is 5.91 Å². The van der Waals surface area contributed by atoms with Gasteiger partial charge in [0.1, 0.15) is 6.33 Å². The van der Waals surface area contributed by atoms with Crippen LogP contribution >= 0.6 is 15.9 Å². The van der Waals surface area contributed by atoms with Gasteiger partial charge in [-0.05, 0) is 55.0 Å². The molecular weight excluding hydrogens is 420 g/mol. The summed E-state index contributed by atoms with van der Waals surface area (Å²) in [6, 6.07) is 12.8. The van der Waals surface area contributed by atoms with E-state index in [2.05, 4.69) is 31.5 Å². The van der Waals surface area contributed by atoms with E-state index >= 15 is 0 Å². The van der Waals surface area contributed by atoms with Gasteiger partial charge in [0.15, 0.2) is 5.82 Å². The molecule has 3 aromatic rings. The highest BCUT2D eigenvalue weighted by molar-refractivity contribution is 9.10. The molecule has 0 aliphatic rings. The number of rotatable bonds is 5. The summed E-state index contributed by atoms with van der Waals surface area (Å²) in [5, 5.41) is 5.65. The Hall–Kier alpha value is -2.93. The first-order valence-electron chi connectivity index (χ1n) is 8.86. The Morgan fingerprint density at radius 3 is 2.43 bits per heavy atom. The van der Waals surface area contributed by atoms with Crippen LogP contribution in [-0.2, 0) is 4.79 Å². The number of hydrogen-bond donors (Lipinski definition) is 2. The van der Waals surface area contributed by atoms with Crippen LogP contribution in [0.2, 0.25) is 0 Å². The lowest BCUT2D eigenvalue weighted by atomic mass is 10.1. The van der Waals surface area contributed by atoms with E-state index in [0.717, 1.165) is 21.4 Å². The van der Waals surface area contributed by atoms with Crippen molar-refractivity contribution in [2.75, 3.05) is 10.6 Å². The van der Waals surface area contributed by atoms with Gasteiger partial charge in [0, 0.05) is 27.3 Å². The molecule has 6 nitrogen and oxygen atoms in total. The Morgan fingerprint density at radius 1 is 1.07 bits per heavy atom. The average molecular weight is 441 g/mol. The minimum atomic E-state index is -0.177. The van der Waals surface area contributed by atoms with E-state index in [9.17, 15) is 9.59 Å². The van der Waals surface area contributed by atoms with E-state index in [4.69, 9.17) is 0 Å².